The van der Waals surface area contributed by atoms with Crippen molar-refractivity contribution in [3.63, 3.8) is 0 Å². The van der Waals surface area contributed by atoms with Gasteiger partial charge in [0.15, 0.2) is 0 Å². The van der Waals surface area contributed by atoms with Crippen LogP contribution in [0.1, 0.15) is 13.8 Å². The molecule has 0 aliphatic rings. The van der Waals surface area contributed by atoms with Gasteiger partial charge in [-0.2, -0.15) is 0 Å². The summed E-state index contributed by atoms with van der Waals surface area (Å²) in [6.45, 7) is 4.72. The molecule has 0 amide bonds. The fourth-order valence-corrected chi connectivity index (χ4v) is 1.06. The predicted octanol–water partition coefficient (Wildman–Crippen LogP) is 2.48. The van der Waals surface area contributed by atoms with Gasteiger partial charge in [-0.05, 0) is 26.0 Å². The summed E-state index contributed by atoms with van der Waals surface area (Å²) in [6.07, 6.45) is 0.0809. The third-order valence-electron chi connectivity index (χ3n) is 1.56. The lowest BCUT2D eigenvalue weighted by molar-refractivity contribution is 0.0961. The largest absolute Gasteiger partial charge is 0.360 e. The lowest BCUT2D eigenvalue weighted by Crippen LogP contribution is -2.18. The second-order valence-electron chi connectivity index (χ2n) is 2.61. The number of nitrogens with one attached hydrogen (secondary N) is 1. The van der Waals surface area contributed by atoms with Crippen LogP contribution in [0.5, 0.6) is 0 Å². The van der Waals surface area contributed by atoms with Crippen LogP contribution in [0.25, 0.3) is 0 Å². The molecule has 1 N–H and O–H groups in total. The van der Waals surface area contributed by atoms with Gasteiger partial charge in [0, 0.05) is 12.3 Å². The second-order valence-corrected chi connectivity index (χ2v) is 2.61. The Morgan fingerprint density at radius 3 is 2.58 bits per heavy atom. The maximum Gasteiger partial charge on any atom is 0.124 e. The Bertz CT molecular complexity index is 210. The van der Waals surface area contributed by atoms with Gasteiger partial charge in [0.05, 0.1) is 0 Å². The quantitative estimate of drug-likeness (QED) is 0.692. The van der Waals surface area contributed by atoms with Crippen molar-refractivity contribution in [2.75, 3.05) is 11.9 Å². The summed E-state index contributed by atoms with van der Waals surface area (Å²) in [5.41, 5.74) is 1.10. The summed E-state index contributed by atoms with van der Waals surface area (Å²) in [4.78, 5) is 0. The second kappa shape index (κ2) is 4.78. The van der Waals surface area contributed by atoms with Gasteiger partial charge < -0.3 is 10.1 Å². The van der Waals surface area contributed by atoms with E-state index in [9.17, 15) is 0 Å². The standard InChI is InChI=1S/C10H15NO/c1-3-12-9(2)11-10-7-5-4-6-8-10/h4-9,11H,3H2,1-2H3. The Balaban J connectivity index is 2.41. The number of para-hydroxylation sites is 1. The molecule has 0 heterocycles. The number of ether oxygens (including phenoxy) is 1. The van der Waals surface area contributed by atoms with Crippen LogP contribution >= 0.6 is 0 Å². The molecule has 0 aliphatic heterocycles. The molecule has 1 aromatic rings. The highest BCUT2D eigenvalue weighted by atomic mass is 16.5. The van der Waals surface area contributed by atoms with E-state index in [1.165, 1.54) is 0 Å². The van der Waals surface area contributed by atoms with Gasteiger partial charge in [0.2, 0.25) is 0 Å². The molecule has 0 bridgehead atoms. The fourth-order valence-electron chi connectivity index (χ4n) is 1.06. The molecule has 1 atom stereocenters. The van der Waals surface area contributed by atoms with Gasteiger partial charge in [0.1, 0.15) is 6.23 Å². The van der Waals surface area contributed by atoms with Crippen molar-refractivity contribution in [1.82, 2.24) is 0 Å². The molecule has 0 aliphatic carbocycles. The monoisotopic (exact) mass is 165 g/mol. The van der Waals surface area contributed by atoms with E-state index in [-0.39, 0.29) is 6.23 Å². The van der Waals surface area contributed by atoms with Crippen LogP contribution in [0.4, 0.5) is 5.69 Å². The number of hydrogen-bond acceptors (Lipinski definition) is 2. The number of hydrogen-bond donors (Lipinski definition) is 1. The van der Waals surface area contributed by atoms with Crippen molar-refractivity contribution in [1.29, 1.82) is 0 Å². The first-order chi connectivity index (χ1) is 5.83. The molecule has 12 heavy (non-hydrogen) atoms. The predicted molar refractivity (Wildman–Crippen MR) is 51.2 cm³/mol. The van der Waals surface area contributed by atoms with Crippen molar-refractivity contribution in [2.45, 2.75) is 20.1 Å². The van der Waals surface area contributed by atoms with Crippen LogP contribution in [0.3, 0.4) is 0 Å². The minimum atomic E-state index is 0.0809. The van der Waals surface area contributed by atoms with Crippen LogP contribution in [0, 0.1) is 0 Å². The maximum atomic E-state index is 5.33. The van der Waals surface area contributed by atoms with Gasteiger partial charge in [-0.1, -0.05) is 18.2 Å². The van der Waals surface area contributed by atoms with Crippen LogP contribution in [0.2, 0.25) is 0 Å². The number of anilines is 1. The molecule has 1 aromatic carbocycles. The van der Waals surface area contributed by atoms with E-state index in [0.717, 1.165) is 12.3 Å². The number of benzene rings is 1. The first-order valence-electron chi connectivity index (χ1n) is 4.26. The van der Waals surface area contributed by atoms with E-state index in [1.807, 2.05) is 44.2 Å². The molecule has 0 aromatic heterocycles. The molecule has 2 nitrogen and oxygen atoms in total. The highest BCUT2D eigenvalue weighted by Crippen LogP contribution is 2.06. The summed E-state index contributed by atoms with van der Waals surface area (Å²) < 4.78 is 5.33. The van der Waals surface area contributed by atoms with Crippen molar-refractivity contribution in [2.24, 2.45) is 0 Å². The molecule has 0 saturated carbocycles. The summed E-state index contributed by atoms with van der Waals surface area (Å²) >= 11 is 0. The molecule has 0 spiro atoms. The Kier molecular flexibility index (Phi) is 3.61. The van der Waals surface area contributed by atoms with Gasteiger partial charge in [0.25, 0.3) is 0 Å². The smallest absolute Gasteiger partial charge is 0.124 e. The minimum absolute atomic E-state index is 0.0809. The molecular weight excluding hydrogens is 150 g/mol. The highest BCUT2D eigenvalue weighted by Gasteiger charge is 1.97. The van der Waals surface area contributed by atoms with E-state index in [0.29, 0.717) is 0 Å². The van der Waals surface area contributed by atoms with Gasteiger partial charge in [-0.3, -0.25) is 0 Å². The highest BCUT2D eigenvalue weighted by molar-refractivity contribution is 5.42. The van der Waals surface area contributed by atoms with E-state index in [2.05, 4.69) is 5.32 Å². The topological polar surface area (TPSA) is 21.3 Å². The average Bonchev–Trinajstić information content (AvgIpc) is 2.06. The van der Waals surface area contributed by atoms with E-state index < -0.39 is 0 Å². The van der Waals surface area contributed by atoms with Crippen molar-refractivity contribution >= 4 is 5.69 Å². The van der Waals surface area contributed by atoms with E-state index >= 15 is 0 Å². The van der Waals surface area contributed by atoms with Crippen LogP contribution in [-0.4, -0.2) is 12.8 Å². The van der Waals surface area contributed by atoms with Crippen LogP contribution < -0.4 is 5.32 Å². The lowest BCUT2D eigenvalue weighted by Gasteiger charge is -2.14. The average molecular weight is 165 g/mol. The molecule has 1 unspecified atom stereocenters. The molecule has 66 valence electrons. The molecule has 0 radical (unpaired) electrons. The van der Waals surface area contributed by atoms with Crippen molar-refractivity contribution in [3.05, 3.63) is 30.3 Å². The van der Waals surface area contributed by atoms with Crippen molar-refractivity contribution < 1.29 is 4.74 Å². The van der Waals surface area contributed by atoms with Crippen LogP contribution in [0.15, 0.2) is 30.3 Å². The number of rotatable bonds is 4. The third-order valence-corrected chi connectivity index (χ3v) is 1.56. The molecule has 1 rings (SSSR count). The first-order valence-corrected chi connectivity index (χ1v) is 4.26. The minimum Gasteiger partial charge on any atom is -0.360 e. The summed E-state index contributed by atoms with van der Waals surface area (Å²) in [5, 5.41) is 3.22. The van der Waals surface area contributed by atoms with Gasteiger partial charge >= 0.3 is 0 Å². The van der Waals surface area contributed by atoms with Crippen molar-refractivity contribution in [3.8, 4) is 0 Å². The molecule has 0 fully saturated rings. The summed E-state index contributed by atoms with van der Waals surface area (Å²) in [6, 6.07) is 10.0. The van der Waals surface area contributed by atoms with E-state index in [4.69, 9.17) is 4.74 Å². The Hall–Kier alpha value is -1.02. The third kappa shape index (κ3) is 2.93. The SMILES string of the molecule is CCOC(C)Nc1ccccc1. The summed E-state index contributed by atoms with van der Waals surface area (Å²) in [5.74, 6) is 0. The van der Waals surface area contributed by atoms with Gasteiger partial charge in [-0.15, -0.1) is 0 Å². The zero-order valence-corrected chi connectivity index (χ0v) is 7.58. The first kappa shape index (κ1) is 9.07. The van der Waals surface area contributed by atoms with E-state index in [1.54, 1.807) is 0 Å². The Morgan fingerprint density at radius 1 is 1.33 bits per heavy atom. The Labute approximate surface area is 73.6 Å². The zero-order chi connectivity index (χ0) is 8.81. The fraction of sp³-hybridized carbons (Fsp3) is 0.400. The maximum absolute atomic E-state index is 5.33. The van der Waals surface area contributed by atoms with Crippen LogP contribution in [-0.2, 0) is 4.74 Å². The normalized spacial score (nSPS) is 12.5. The molecule has 2 heteroatoms. The molecule has 0 saturated heterocycles. The Morgan fingerprint density at radius 2 is 2.00 bits per heavy atom. The van der Waals surface area contributed by atoms with Gasteiger partial charge in [-0.25, -0.2) is 0 Å². The molecular formula is C10H15NO. The lowest BCUT2D eigenvalue weighted by atomic mass is 10.3. The zero-order valence-electron chi connectivity index (χ0n) is 7.58. The summed E-state index contributed by atoms with van der Waals surface area (Å²) in [7, 11) is 0.